The van der Waals surface area contributed by atoms with Gasteiger partial charge in [-0.25, -0.2) is 0 Å². The Kier molecular flexibility index (Phi) is 18.4. The summed E-state index contributed by atoms with van der Waals surface area (Å²) >= 11 is 0. The van der Waals surface area contributed by atoms with Crippen molar-refractivity contribution >= 4 is 24.4 Å². The van der Waals surface area contributed by atoms with Crippen LogP contribution in [0.25, 0.3) is 0 Å². The van der Waals surface area contributed by atoms with Gasteiger partial charge in [0.15, 0.2) is 0 Å². The van der Waals surface area contributed by atoms with Gasteiger partial charge < -0.3 is 30.0 Å². The van der Waals surface area contributed by atoms with Gasteiger partial charge in [-0.3, -0.25) is 9.98 Å². The summed E-state index contributed by atoms with van der Waals surface area (Å²) in [4.78, 5) is 27.5. The van der Waals surface area contributed by atoms with Crippen LogP contribution in [0, 0.1) is 25.7 Å². The van der Waals surface area contributed by atoms with Gasteiger partial charge in [0.1, 0.15) is 11.5 Å². The number of aliphatic imine (C=N–C) groups is 2. The summed E-state index contributed by atoms with van der Waals surface area (Å²) in [6.45, 7) is 14.7. The maximum absolute atomic E-state index is 10.5. The van der Waals surface area contributed by atoms with Crippen LogP contribution in [0.1, 0.15) is 101 Å². The van der Waals surface area contributed by atoms with Crippen molar-refractivity contribution in [2.45, 2.75) is 106 Å². The zero-order valence-corrected chi connectivity index (χ0v) is 27.8. The van der Waals surface area contributed by atoms with Crippen LogP contribution in [0.15, 0.2) is 34.3 Å². The van der Waals surface area contributed by atoms with Gasteiger partial charge in [0, 0.05) is 35.5 Å². The number of aromatic hydroxyl groups is 2. The van der Waals surface area contributed by atoms with Gasteiger partial charge in [0.25, 0.3) is 0 Å². The van der Waals surface area contributed by atoms with E-state index in [-0.39, 0.29) is 28.9 Å². The van der Waals surface area contributed by atoms with Crippen molar-refractivity contribution in [2.75, 3.05) is 0 Å². The number of benzene rings is 2. The van der Waals surface area contributed by atoms with Gasteiger partial charge in [-0.05, 0) is 112 Å². The van der Waals surface area contributed by atoms with Gasteiger partial charge in [-0.2, -0.15) is 0 Å². The molecule has 9 heteroatoms. The molecule has 2 N–H and O–H groups in total. The van der Waals surface area contributed by atoms with Crippen LogP contribution in [-0.4, -0.2) is 46.7 Å². The molecule has 2 atom stereocenters. The maximum Gasteiger partial charge on any atom is 2.00 e. The van der Waals surface area contributed by atoms with E-state index in [4.69, 9.17) is 29.8 Å². The smallest absolute Gasteiger partial charge is 0.550 e. The summed E-state index contributed by atoms with van der Waals surface area (Å²) < 4.78 is 0. The molecule has 3 rings (SSSR count). The van der Waals surface area contributed by atoms with E-state index in [1.807, 2.05) is 26.3 Å². The molecular formula is C34H48CoN2O6. The van der Waals surface area contributed by atoms with Crippen molar-refractivity contribution in [3.05, 3.63) is 57.6 Å². The molecule has 2 aromatic carbocycles. The van der Waals surface area contributed by atoms with E-state index in [1.54, 1.807) is 0 Å². The molecule has 0 bridgehead atoms. The Morgan fingerprint density at radius 1 is 0.791 bits per heavy atom. The van der Waals surface area contributed by atoms with Gasteiger partial charge in [0.2, 0.25) is 0 Å². The maximum atomic E-state index is 10.5. The van der Waals surface area contributed by atoms with E-state index >= 15 is 0 Å². The second-order valence-corrected chi connectivity index (χ2v) is 11.9. The molecule has 2 unspecified atom stereocenters. The van der Waals surface area contributed by atoms with Gasteiger partial charge >= 0.3 is 16.8 Å². The number of carbonyl (C=O) groups is 2. The number of hydrogen-bond acceptors (Lipinski definition) is 8. The first-order chi connectivity index (χ1) is 19.6. The number of carboxylic acid groups (broad SMARTS) is 2. The summed E-state index contributed by atoms with van der Waals surface area (Å²) in [6, 6.07) is 8.69. The molecule has 0 heterocycles. The third-order valence-corrected chi connectivity index (χ3v) is 6.54. The molecule has 1 radical (unpaired) electrons. The van der Waals surface area contributed by atoms with E-state index in [1.165, 1.54) is 11.1 Å². The molecule has 0 aliphatic heterocycles. The monoisotopic (exact) mass is 639 g/mol. The first kappa shape index (κ1) is 39.8. The number of phenols is 2. The van der Waals surface area contributed by atoms with Crippen LogP contribution in [0.2, 0.25) is 0 Å². The average Bonchev–Trinajstić information content (AvgIpc) is 2.85. The third kappa shape index (κ3) is 16.3. The van der Waals surface area contributed by atoms with Crippen LogP contribution in [0.3, 0.4) is 0 Å². The van der Waals surface area contributed by atoms with Gasteiger partial charge in [-0.1, -0.05) is 39.8 Å². The number of carbonyl (C=O) groups excluding carboxylic acids is 2. The van der Waals surface area contributed by atoms with Gasteiger partial charge in [0.05, 0.1) is 12.1 Å². The minimum atomic E-state index is -1.08. The van der Waals surface area contributed by atoms with Crippen LogP contribution in [0.5, 0.6) is 11.5 Å². The normalized spacial score (nSPS) is 16.3. The Morgan fingerprint density at radius 3 is 1.42 bits per heavy atom. The van der Waals surface area contributed by atoms with Crippen molar-refractivity contribution in [1.29, 1.82) is 0 Å². The van der Waals surface area contributed by atoms with Crippen LogP contribution >= 0.6 is 0 Å². The summed E-state index contributed by atoms with van der Waals surface area (Å²) in [7, 11) is 0. The predicted molar refractivity (Wildman–Crippen MR) is 165 cm³/mol. The number of nitrogens with zero attached hydrogens (tertiary/aromatic N) is 2. The second kappa shape index (κ2) is 19.9. The zero-order chi connectivity index (χ0) is 32.0. The number of aliphatic carboxylic acids is 2. The molecule has 0 aromatic heterocycles. The average molecular weight is 640 g/mol. The Bertz CT molecular complexity index is 1140. The van der Waals surface area contributed by atoms with E-state index in [0.29, 0.717) is 23.3 Å². The molecule has 239 valence electrons. The minimum Gasteiger partial charge on any atom is -0.550 e. The van der Waals surface area contributed by atoms with E-state index < -0.39 is 11.9 Å². The third-order valence-electron chi connectivity index (χ3n) is 6.54. The molecule has 1 saturated carbocycles. The summed E-state index contributed by atoms with van der Waals surface area (Å²) in [5.74, 6) is -0.373. The van der Waals surface area contributed by atoms with Crippen molar-refractivity contribution in [3.8, 4) is 11.5 Å². The molecule has 0 saturated heterocycles. The van der Waals surface area contributed by atoms with Crippen molar-refractivity contribution in [2.24, 2.45) is 21.8 Å². The summed E-state index contributed by atoms with van der Waals surface area (Å²) in [6.07, 6.45) is 9.76. The fourth-order valence-electron chi connectivity index (χ4n) is 4.92. The number of aryl methyl sites for hydroxylation is 2. The SMILES string of the molecule is CC(=O)[O-].CC(=O)[O-].Cc1cc(CC(C)C)cc(C=NC2CCCC(N=Cc3cc(CC(C)C)cc(C)c3O)C2)c1O.[Co+2]. The molecular weight excluding hydrogens is 591 g/mol. The minimum absolute atomic E-state index is 0. The van der Waals surface area contributed by atoms with E-state index in [9.17, 15) is 10.2 Å². The Morgan fingerprint density at radius 2 is 1.12 bits per heavy atom. The standard InChI is InChI=1S/C30H42N2O2.2C2H4O2.Co/c1-19(2)10-23-12-21(5)29(33)25(14-23)17-31-27-8-7-9-28(16-27)32-18-26-15-24(11-20(3)4)13-22(6)30(26)34;2*1-2(3)4;/h12-15,17-20,27-28,33-34H,7-11,16H2,1-6H3;2*1H3,(H,3,4);/q;;;+2/p-2. The second-order valence-electron chi connectivity index (χ2n) is 11.9. The first-order valence-electron chi connectivity index (χ1n) is 14.6. The van der Waals surface area contributed by atoms with Gasteiger partial charge in [-0.15, -0.1) is 0 Å². The van der Waals surface area contributed by atoms with Crippen molar-refractivity contribution in [3.63, 3.8) is 0 Å². The largest absolute Gasteiger partial charge is 2.00 e. The first-order valence-corrected chi connectivity index (χ1v) is 14.6. The van der Waals surface area contributed by atoms with Crippen LogP contribution < -0.4 is 10.2 Å². The number of carboxylic acids is 2. The molecule has 1 aliphatic rings. The van der Waals surface area contributed by atoms with Crippen LogP contribution in [0.4, 0.5) is 0 Å². The molecule has 2 aromatic rings. The molecule has 1 fully saturated rings. The fraction of sp³-hybridized carbons (Fsp3) is 0.529. The van der Waals surface area contributed by atoms with E-state index in [0.717, 1.165) is 74.6 Å². The zero-order valence-electron chi connectivity index (χ0n) is 26.8. The quantitative estimate of drug-likeness (QED) is 0.408. The number of rotatable bonds is 8. The predicted octanol–water partition coefficient (Wildman–Crippen LogP) is 4.47. The Hall–Kier alpha value is -3.17. The summed E-state index contributed by atoms with van der Waals surface area (Å²) in [5, 5.41) is 38.8. The molecule has 0 amide bonds. The fourth-order valence-corrected chi connectivity index (χ4v) is 4.92. The Balaban J connectivity index is 0.00000174. The van der Waals surface area contributed by atoms with E-state index in [2.05, 4.69) is 52.0 Å². The van der Waals surface area contributed by atoms with Crippen LogP contribution in [-0.2, 0) is 39.2 Å². The molecule has 8 nitrogen and oxygen atoms in total. The summed E-state index contributed by atoms with van der Waals surface area (Å²) in [5.41, 5.74) is 5.91. The van der Waals surface area contributed by atoms with Crippen molar-refractivity contribution < 1.29 is 46.8 Å². The van der Waals surface area contributed by atoms with Crippen molar-refractivity contribution in [1.82, 2.24) is 0 Å². The molecule has 0 spiro atoms. The number of phenolic OH excluding ortho intramolecular Hbond substituents is 2. The number of hydrogen-bond donors (Lipinski definition) is 2. The topological polar surface area (TPSA) is 145 Å². The molecule has 43 heavy (non-hydrogen) atoms. The Labute approximate surface area is 267 Å². The molecule has 1 aliphatic carbocycles.